The summed E-state index contributed by atoms with van der Waals surface area (Å²) in [5, 5.41) is -0.499. The van der Waals surface area contributed by atoms with Gasteiger partial charge in [-0.1, -0.05) is 0 Å². The lowest BCUT2D eigenvalue weighted by Gasteiger charge is -2.13. The van der Waals surface area contributed by atoms with Crippen LogP contribution in [0.4, 0.5) is 24.5 Å². The van der Waals surface area contributed by atoms with Gasteiger partial charge in [-0.15, -0.1) is 0 Å². The molecule has 0 aliphatic rings. The average molecular weight is 449 g/mol. The maximum absolute atomic E-state index is 15.1. The zero-order valence-electron chi connectivity index (χ0n) is 17.5. The maximum Gasteiger partial charge on any atom is 0.306 e. The molecule has 0 aliphatic carbocycles. The number of esters is 1. The van der Waals surface area contributed by atoms with Crippen molar-refractivity contribution in [2.75, 3.05) is 32.1 Å². The highest BCUT2D eigenvalue weighted by Gasteiger charge is 2.24. The molecule has 0 aliphatic heterocycles. The molecule has 3 aromatic rings. The third kappa shape index (κ3) is 4.70. The van der Waals surface area contributed by atoms with Crippen molar-refractivity contribution in [2.24, 2.45) is 0 Å². The van der Waals surface area contributed by atoms with E-state index < -0.39 is 57.7 Å². The van der Waals surface area contributed by atoms with Crippen molar-refractivity contribution >= 4 is 28.3 Å². The quantitative estimate of drug-likeness (QED) is 0.420. The topological polar surface area (TPSA) is 112 Å². The molecule has 1 heterocycles. The molecule has 0 saturated heterocycles. The van der Waals surface area contributed by atoms with E-state index in [0.29, 0.717) is 13.0 Å². The molecule has 0 saturated carbocycles. The molecule has 0 amide bonds. The molecule has 32 heavy (non-hydrogen) atoms. The van der Waals surface area contributed by atoms with Crippen molar-refractivity contribution in [3.05, 3.63) is 57.5 Å². The SMILES string of the molecule is CN(C)CCCC(=O)OCc1c(F)c(N)c2c(=O)cc(-c3ccc(N)c(F)c3)oc2c1F. The molecule has 0 bridgehead atoms. The van der Waals surface area contributed by atoms with Crippen LogP contribution in [0.25, 0.3) is 22.3 Å². The van der Waals surface area contributed by atoms with Gasteiger partial charge in [-0.05, 0) is 45.3 Å². The van der Waals surface area contributed by atoms with Crippen molar-refractivity contribution < 1.29 is 27.1 Å². The summed E-state index contributed by atoms with van der Waals surface area (Å²) in [6.07, 6.45) is 0.569. The molecule has 0 atom stereocenters. The number of nitrogen functional groups attached to an aromatic ring is 2. The minimum Gasteiger partial charge on any atom is -0.461 e. The van der Waals surface area contributed by atoms with Crippen LogP contribution in [0.3, 0.4) is 0 Å². The first-order valence-electron chi connectivity index (χ1n) is 9.69. The van der Waals surface area contributed by atoms with Crippen LogP contribution in [0.2, 0.25) is 0 Å². The third-order valence-corrected chi connectivity index (χ3v) is 4.83. The Morgan fingerprint density at radius 1 is 1.12 bits per heavy atom. The first-order chi connectivity index (χ1) is 15.1. The van der Waals surface area contributed by atoms with Gasteiger partial charge in [-0.25, -0.2) is 13.2 Å². The number of halogens is 3. The fraction of sp³-hybridized carbons (Fsp3) is 0.273. The highest BCUT2D eigenvalue weighted by Crippen LogP contribution is 2.32. The van der Waals surface area contributed by atoms with E-state index in [-0.39, 0.29) is 23.4 Å². The smallest absolute Gasteiger partial charge is 0.306 e. The summed E-state index contributed by atoms with van der Waals surface area (Å²) in [6, 6.07) is 4.60. The van der Waals surface area contributed by atoms with E-state index in [4.69, 9.17) is 20.6 Å². The highest BCUT2D eigenvalue weighted by atomic mass is 19.1. The van der Waals surface area contributed by atoms with Crippen molar-refractivity contribution in [3.8, 4) is 11.3 Å². The summed E-state index contributed by atoms with van der Waals surface area (Å²) in [5.41, 5.74) is 8.42. The normalized spacial score (nSPS) is 11.3. The highest BCUT2D eigenvalue weighted by molar-refractivity contribution is 5.91. The fourth-order valence-corrected chi connectivity index (χ4v) is 3.12. The van der Waals surface area contributed by atoms with Gasteiger partial charge in [-0.3, -0.25) is 9.59 Å². The van der Waals surface area contributed by atoms with Crippen molar-refractivity contribution in [1.29, 1.82) is 0 Å². The largest absolute Gasteiger partial charge is 0.461 e. The lowest BCUT2D eigenvalue weighted by Crippen LogP contribution is -2.16. The van der Waals surface area contributed by atoms with Gasteiger partial charge in [0, 0.05) is 18.1 Å². The van der Waals surface area contributed by atoms with Crippen LogP contribution >= 0.6 is 0 Å². The summed E-state index contributed by atoms with van der Waals surface area (Å²) in [7, 11) is 3.68. The molecule has 10 heteroatoms. The van der Waals surface area contributed by atoms with Gasteiger partial charge in [0.1, 0.15) is 18.2 Å². The number of benzene rings is 2. The zero-order valence-corrected chi connectivity index (χ0v) is 17.5. The number of ether oxygens (including phenoxy) is 1. The second kappa shape index (κ2) is 9.31. The van der Waals surface area contributed by atoms with Crippen LogP contribution in [0.15, 0.2) is 33.5 Å². The van der Waals surface area contributed by atoms with Gasteiger partial charge in [0.25, 0.3) is 0 Å². The Morgan fingerprint density at radius 3 is 2.50 bits per heavy atom. The van der Waals surface area contributed by atoms with Gasteiger partial charge in [0.15, 0.2) is 22.6 Å². The fourth-order valence-electron chi connectivity index (χ4n) is 3.12. The predicted octanol–water partition coefficient (Wildman–Crippen LogP) is 3.43. The number of hydrogen-bond donors (Lipinski definition) is 2. The van der Waals surface area contributed by atoms with E-state index in [2.05, 4.69) is 0 Å². The minimum absolute atomic E-state index is 0.0619. The average Bonchev–Trinajstić information content (AvgIpc) is 2.73. The first kappa shape index (κ1) is 23.1. The molecule has 0 spiro atoms. The van der Waals surface area contributed by atoms with Gasteiger partial charge in [0.05, 0.1) is 22.3 Å². The monoisotopic (exact) mass is 449 g/mol. The second-order valence-corrected chi connectivity index (χ2v) is 7.50. The molecule has 1 aromatic heterocycles. The van der Waals surface area contributed by atoms with Gasteiger partial charge < -0.3 is 25.5 Å². The Labute approximate surface area is 181 Å². The zero-order chi connectivity index (χ0) is 23.6. The van der Waals surface area contributed by atoms with E-state index in [1.807, 2.05) is 19.0 Å². The first-order valence-corrected chi connectivity index (χ1v) is 9.69. The second-order valence-electron chi connectivity index (χ2n) is 7.50. The molecule has 170 valence electrons. The summed E-state index contributed by atoms with van der Waals surface area (Å²) < 4.78 is 54.0. The van der Waals surface area contributed by atoms with Crippen LogP contribution in [-0.4, -0.2) is 31.5 Å². The predicted molar refractivity (Wildman–Crippen MR) is 114 cm³/mol. The van der Waals surface area contributed by atoms with Crippen LogP contribution in [0.1, 0.15) is 18.4 Å². The molecule has 2 aromatic carbocycles. The molecule has 0 fully saturated rings. The van der Waals surface area contributed by atoms with Crippen LogP contribution in [0.5, 0.6) is 0 Å². The Balaban J connectivity index is 1.99. The van der Waals surface area contributed by atoms with Crippen molar-refractivity contribution in [3.63, 3.8) is 0 Å². The van der Waals surface area contributed by atoms with Crippen LogP contribution in [0, 0.1) is 17.5 Å². The summed E-state index contributed by atoms with van der Waals surface area (Å²) in [5.74, 6) is -4.02. The third-order valence-electron chi connectivity index (χ3n) is 4.83. The maximum atomic E-state index is 15.1. The van der Waals surface area contributed by atoms with E-state index >= 15 is 4.39 Å². The molecule has 7 nitrogen and oxygen atoms in total. The van der Waals surface area contributed by atoms with E-state index in [1.54, 1.807) is 0 Å². The summed E-state index contributed by atoms with van der Waals surface area (Å²) in [6.45, 7) is -0.0938. The summed E-state index contributed by atoms with van der Waals surface area (Å²) in [4.78, 5) is 26.3. The number of anilines is 2. The molecule has 0 unspecified atom stereocenters. The number of fused-ring (bicyclic) bond motifs is 1. The molecule has 4 N–H and O–H groups in total. The number of rotatable bonds is 7. The lowest BCUT2D eigenvalue weighted by atomic mass is 10.1. The van der Waals surface area contributed by atoms with E-state index in [1.165, 1.54) is 12.1 Å². The standard InChI is InChI=1S/C22H22F3N3O4/c1-28(2)7-3-4-17(30)31-10-12-19(24)21(27)18-15(29)9-16(32-22(18)20(12)25)11-5-6-14(26)13(23)8-11/h5-6,8-9H,3-4,7,10,26-27H2,1-2H3. The van der Waals surface area contributed by atoms with E-state index in [9.17, 15) is 18.4 Å². The van der Waals surface area contributed by atoms with Gasteiger partial charge in [-0.2, -0.15) is 0 Å². The molecule has 3 rings (SSSR count). The number of hydrogen-bond acceptors (Lipinski definition) is 7. The Hall–Kier alpha value is -3.53. The molecule has 0 radical (unpaired) electrons. The molecular formula is C22H22F3N3O4. The van der Waals surface area contributed by atoms with E-state index in [0.717, 1.165) is 12.1 Å². The van der Waals surface area contributed by atoms with Crippen molar-refractivity contribution in [2.45, 2.75) is 19.4 Å². The Bertz CT molecular complexity index is 1240. The Kier molecular flexibility index (Phi) is 6.73. The molecular weight excluding hydrogens is 427 g/mol. The van der Waals surface area contributed by atoms with Crippen LogP contribution in [-0.2, 0) is 16.1 Å². The minimum atomic E-state index is -1.23. The number of carbonyl (C=O) groups excluding carboxylic acids is 1. The number of carbonyl (C=O) groups is 1. The van der Waals surface area contributed by atoms with Crippen molar-refractivity contribution in [1.82, 2.24) is 4.90 Å². The Morgan fingerprint density at radius 2 is 1.84 bits per heavy atom. The van der Waals surface area contributed by atoms with Crippen LogP contribution < -0.4 is 16.9 Å². The van der Waals surface area contributed by atoms with Gasteiger partial charge in [0.2, 0.25) is 0 Å². The summed E-state index contributed by atoms with van der Waals surface area (Å²) >= 11 is 0. The number of nitrogens with zero attached hydrogens (tertiary/aromatic N) is 1. The van der Waals surface area contributed by atoms with Gasteiger partial charge >= 0.3 is 5.97 Å². The lowest BCUT2D eigenvalue weighted by molar-refractivity contribution is -0.145. The number of nitrogens with two attached hydrogens (primary N) is 2.